The Morgan fingerprint density at radius 3 is 2.95 bits per heavy atom. The first-order valence-corrected chi connectivity index (χ1v) is 7.65. The molecule has 0 bridgehead atoms. The van der Waals surface area contributed by atoms with E-state index in [4.69, 9.17) is 10.5 Å². The highest BCUT2D eigenvalue weighted by molar-refractivity contribution is 5.80. The standard InChI is InChI=1S/C16H22FN3O/c1-3-10-5-4-6-11(7-10)20-14-9-15(21-2)12(17)8-13(14)19-16(20)18/h8-11H,3-7H2,1-2H3,(H2,18,19). The van der Waals surface area contributed by atoms with Gasteiger partial charge in [0, 0.05) is 18.2 Å². The van der Waals surface area contributed by atoms with Crippen molar-refractivity contribution in [3.05, 3.63) is 17.9 Å². The largest absolute Gasteiger partial charge is 0.494 e. The SMILES string of the molecule is CCC1CCCC(n2c(N)nc3cc(F)c(OC)cc32)C1. The van der Waals surface area contributed by atoms with Crippen LogP contribution in [0.15, 0.2) is 12.1 Å². The summed E-state index contributed by atoms with van der Waals surface area (Å²) in [6, 6.07) is 3.47. The average Bonchev–Trinajstić information content (AvgIpc) is 2.81. The van der Waals surface area contributed by atoms with Gasteiger partial charge >= 0.3 is 0 Å². The van der Waals surface area contributed by atoms with Crippen LogP contribution in [0.2, 0.25) is 0 Å². The molecule has 2 atom stereocenters. The molecule has 5 heteroatoms. The number of hydrogen-bond acceptors (Lipinski definition) is 3. The van der Waals surface area contributed by atoms with E-state index in [0.29, 0.717) is 17.5 Å². The van der Waals surface area contributed by atoms with Crippen molar-refractivity contribution < 1.29 is 9.13 Å². The van der Waals surface area contributed by atoms with Crippen molar-refractivity contribution in [1.29, 1.82) is 0 Å². The summed E-state index contributed by atoms with van der Waals surface area (Å²) in [6.45, 7) is 2.24. The highest BCUT2D eigenvalue weighted by Crippen LogP contribution is 2.38. The molecule has 1 aliphatic carbocycles. The van der Waals surface area contributed by atoms with Crippen molar-refractivity contribution in [1.82, 2.24) is 9.55 Å². The second-order valence-electron chi connectivity index (χ2n) is 5.91. The van der Waals surface area contributed by atoms with Crippen molar-refractivity contribution in [3.63, 3.8) is 0 Å². The zero-order valence-electron chi connectivity index (χ0n) is 12.6. The highest BCUT2D eigenvalue weighted by atomic mass is 19.1. The minimum Gasteiger partial charge on any atom is -0.494 e. The maximum Gasteiger partial charge on any atom is 0.201 e. The summed E-state index contributed by atoms with van der Waals surface area (Å²) in [7, 11) is 1.47. The number of nitrogen functional groups attached to an aromatic ring is 1. The molecule has 2 aromatic rings. The third-order valence-corrected chi connectivity index (χ3v) is 4.69. The zero-order valence-corrected chi connectivity index (χ0v) is 12.6. The second kappa shape index (κ2) is 5.54. The van der Waals surface area contributed by atoms with Gasteiger partial charge in [-0.25, -0.2) is 9.37 Å². The average molecular weight is 291 g/mol. The van der Waals surface area contributed by atoms with Crippen LogP contribution in [0, 0.1) is 11.7 Å². The van der Waals surface area contributed by atoms with Crippen molar-refractivity contribution in [2.45, 2.75) is 45.1 Å². The Balaban J connectivity index is 2.06. The van der Waals surface area contributed by atoms with Gasteiger partial charge < -0.3 is 15.0 Å². The Kier molecular flexibility index (Phi) is 3.74. The fourth-order valence-electron chi connectivity index (χ4n) is 3.52. The molecule has 1 fully saturated rings. The Bertz CT molecular complexity index is 652. The number of fused-ring (bicyclic) bond motifs is 1. The molecule has 0 saturated heterocycles. The van der Waals surface area contributed by atoms with Gasteiger partial charge in [-0.15, -0.1) is 0 Å². The molecule has 0 amide bonds. The van der Waals surface area contributed by atoms with Gasteiger partial charge in [-0.1, -0.05) is 26.2 Å². The van der Waals surface area contributed by atoms with Crippen LogP contribution in [0.1, 0.15) is 45.1 Å². The number of ether oxygens (including phenoxy) is 1. The fourth-order valence-corrected chi connectivity index (χ4v) is 3.52. The summed E-state index contributed by atoms with van der Waals surface area (Å²) in [4.78, 5) is 4.32. The molecule has 1 aliphatic rings. The number of methoxy groups -OCH3 is 1. The minimum atomic E-state index is -0.398. The zero-order chi connectivity index (χ0) is 15.0. The molecule has 1 aromatic heterocycles. The van der Waals surface area contributed by atoms with E-state index in [-0.39, 0.29) is 5.75 Å². The van der Waals surface area contributed by atoms with Crippen LogP contribution in [-0.2, 0) is 0 Å². The van der Waals surface area contributed by atoms with Gasteiger partial charge in [0.25, 0.3) is 0 Å². The lowest BCUT2D eigenvalue weighted by Crippen LogP contribution is -2.20. The molecule has 2 unspecified atom stereocenters. The maximum atomic E-state index is 13.8. The number of anilines is 1. The molecule has 0 radical (unpaired) electrons. The van der Waals surface area contributed by atoms with Crippen LogP contribution in [0.4, 0.5) is 10.3 Å². The van der Waals surface area contributed by atoms with Crippen LogP contribution in [-0.4, -0.2) is 16.7 Å². The van der Waals surface area contributed by atoms with Crippen molar-refractivity contribution in [2.24, 2.45) is 5.92 Å². The van der Waals surface area contributed by atoms with Gasteiger partial charge in [-0.05, 0) is 18.8 Å². The summed E-state index contributed by atoms with van der Waals surface area (Å²) in [6.07, 6.45) is 5.91. The molecule has 21 heavy (non-hydrogen) atoms. The summed E-state index contributed by atoms with van der Waals surface area (Å²) >= 11 is 0. The lowest BCUT2D eigenvalue weighted by atomic mass is 9.84. The van der Waals surface area contributed by atoms with Crippen molar-refractivity contribution >= 4 is 17.0 Å². The van der Waals surface area contributed by atoms with E-state index in [1.54, 1.807) is 6.07 Å². The van der Waals surface area contributed by atoms with Crippen LogP contribution in [0.5, 0.6) is 5.75 Å². The third kappa shape index (κ3) is 2.45. The number of halogens is 1. The molecule has 4 nitrogen and oxygen atoms in total. The molecule has 2 N–H and O–H groups in total. The van der Waals surface area contributed by atoms with Crippen LogP contribution < -0.4 is 10.5 Å². The van der Waals surface area contributed by atoms with E-state index >= 15 is 0 Å². The lowest BCUT2D eigenvalue weighted by molar-refractivity contribution is 0.267. The van der Waals surface area contributed by atoms with E-state index in [2.05, 4.69) is 16.5 Å². The summed E-state index contributed by atoms with van der Waals surface area (Å²) in [5.41, 5.74) is 7.57. The number of nitrogens with two attached hydrogens (primary N) is 1. The molecule has 0 spiro atoms. The van der Waals surface area contributed by atoms with Gasteiger partial charge in [-0.3, -0.25) is 0 Å². The predicted octanol–water partition coefficient (Wildman–Crippen LogP) is 3.91. The molecule has 0 aliphatic heterocycles. The normalized spacial score (nSPS) is 22.6. The molecule has 1 saturated carbocycles. The van der Waals surface area contributed by atoms with Crippen LogP contribution in [0.3, 0.4) is 0 Å². The Morgan fingerprint density at radius 1 is 1.43 bits per heavy atom. The monoisotopic (exact) mass is 291 g/mol. The number of hydrogen-bond donors (Lipinski definition) is 1. The predicted molar refractivity (Wildman–Crippen MR) is 81.9 cm³/mol. The Morgan fingerprint density at radius 2 is 2.24 bits per heavy atom. The molecule has 1 heterocycles. The van der Waals surface area contributed by atoms with E-state index in [9.17, 15) is 4.39 Å². The maximum absolute atomic E-state index is 13.8. The third-order valence-electron chi connectivity index (χ3n) is 4.69. The first-order valence-electron chi connectivity index (χ1n) is 7.65. The van der Waals surface area contributed by atoms with Crippen LogP contribution >= 0.6 is 0 Å². The van der Waals surface area contributed by atoms with E-state index in [0.717, 1.165) is 24.3 Å². The Labute approximate surface area is 124 Å². The van der Waals surface area contributed by atoms with Gasteiger partial charge in [0.05, 0.1) is 18.1 Å². The molecule has 114 valence electrons. The first-order chi connectivity index (χ1) is 10.1. The minimum absolute atomic E-state index is 0.242. The number of rotatable bonds is 3. The molecular formula is C16H22FN3O. The second-order valence-corrected chi connectivity index (χ2v) is 5.91. The fraction of sp³-hybridized carbons (Fsp3) is 0.562. The van der Waals surface area contributed by atoms with Crippen molar-refractivity contribution in [3.8, 4) is 5.75 Å². The Hall–Kier alpha value is -1.78. The summed E-state index contributed by atoms with van der Waals surface area (Å²) in [5, 5.41) is 0. The van der Waals surface area contributed by atoms with E-state index in [1.807, 2.05) is 0 Å². The molecule has 3 rings (SSSR count). The smallest absolute Gasteiger partial charge is 0.201 e. The van der Waals surface area contributed by atoms with Gasteiger partial charge in [-0.2, -0.15) is 0 Å². The van der Waals surface area contributed by atoms with Gasteiger partial charge in [0.15, 0.2) is 11.6 Å². The topological polar surface area (TPSA) is 53.1 Å². The quantitative estimate of drug-likeness (QED) is 0.933. The number of nitrogens with zero attached hydrogens (tertiary/aromatic N) is 2. The summed E-state index contributed by atoms with van der Waals surface area (Å²) in [5.74, 6) is 1.05. The van der Waals surface area contributed by atoms with E-state index < -0.39 is 5.82 Å². The number of benzene rings is 1. The number of aromatic nitrogens is 2. The summed E-state index contributed by atoms with van der Waals surface area (Å²) < 4.78 is 21.0. The first kappa shape index (κ1) is 14.2. The van der Waals surface area contributed by atoms with Crippen molar-refractivity contribution in [2.75, 3.05) is 12.8 Å². The lowest BCUT2D eigenvalue weighted by Gasteiger charge is -2.30. The van der Waals surface area contributed by atoms with E-state index in [1.165, 1.54) is 32.4 Å². The molecular weight excluding hydrogens is 269 g/mol. The number of imidazole rings is 1. The highest BCUT2D eigenvalue weighted by Gasteiger charge is 2.25. The van der Waals surface area contributed by atoms with Gasteiger partial charge in [0.1, 0.15) is 0 Å². The van der Waals surface area contributed by atoms with Crippen LogP contribution in [0.25, 0.3) is 11.0 Å². The van der Waals surface area contributed by atoms with Gasteiger partial charge in [0.2, 0.25) is 5.95 Å². The molecule has 1 aromatic carbocycles.